The molecule has 722 valence electrons. The Labute approximate surface area is 781 Å². The third-order valence-electron chi connectivity index (χ3n) is 24.0. The molecule has 0 radical (unpaired) electrons. The maximum atomic E-state index is 15.8. The number of H-pyrrole nitrogens is 3. The number of fused-ring (bicyclic) bond motifs is 3. The molecule has 39 nitrogen and oxygen atoms in total. The Morgan fingerprint density at radius 2 is 1.22 bits per heavy atom. The Bertz CT molecular complexity index is 5110. The van der Waals surface area contributed by atoms with Crippen molar-refractivity contribution < 1.29 is 86.6 Å². The van der Waals surface area contributed by atoms with Gasteiger partial charge in [0.25, 0.3) is 0 Å². The maximum absolute atomic E-state index is 15.8. The Morgan fingerprint density at radius 1 is 0.594 bits per heavy atom. The second-order valence-corrected chi connectivity index (χ2v) is 36.1. The number of nitrogens with one attached hydrogen (secondary N) is 12. The van der Waals surface area contributed by atoms with Crippen molar-refractivity contribution in [3.63, 3.8) is 0 Å². The van der Waals surface area contributed by atoms with E-state index in [-0.39, 0.29) is 95.4 Å². The zero-order chi connectivity index (χ0) is 97.4. The van der Waals surface area contributed by atoms with E-state index in [1.165, 1.54) is 57.4 Å². The first-order valence-corrected chi connectivity index (χ1v) is 46.5. The highest BCUT2D eigenvalue weighted by Gasteiger charge is 2.44. The number of aliphatic hydroxyl groups is 1. The molecule has 0 saturated carbocycles. The summed E-state index contributed by atoms with van der Waals surface area (Å²) < 4.78 is 0. The third kappa shape index (κ3) is 31.0. The average Bonchev–Trinajstić information content (AvgIpc) is 1.76. The lowest BCUT2D eigenvalue weighted by Crippen LogP contribution is -2.60. The van der Waals surface area contributed by atoms with Gasteiger partial charge >= 0.3 is 0 Å². The molecule has 41 heteroatoms. The van der Waals surface area contributed by atoms with Crippen molar-refractivity contribution in [3.8, 4) is 0 Å². The van der Waals surface area contributed by atoms with Gasteiger partial charge in [0.2, 0.25) is 82.7 Å². The summed E-state index contributed by atoms with van der Waals surface area (Å²) >= 11 is 7.36. The van der Waals surface area contributed by atoms with Crippen molar-refractivity contribution in [2.24, 2.45) is 35.0 Å². The monoisotopic (exact) mass is 1880 g/mol. The highest BCUT2D eigenvalue weighted by Crippen LogP contribution is 2.30. The molecule has 13 atom stereocenters. The highest BCUT2D eigenvalue weighted by atomic mass is 35.5. The van der Waals surface area contributed by atoms with Crippen LogP contribution in [0.3, 0.4) is 0 Å². The van der Waals surface area contributed by atoms with Gasteiger partial charge in [0.1, 0.15) is 60.4 Å². The van der Waals surface area contributed by atoms with Crippen molar-refractivity contribution in [1.82, 2.24) is 87.0 Å². The number of aromatic nitrogens is 4. The van der Waals surface area contributed by atoms with Crippen LogP contribution in [0, 0.1) is 23.2 Å². The van der Waals surface area contributed by atoms with E-state index in [4.69, 9.17) is 34.2 Å². The summed E-state index contributed by atoms with van der Waals surface area (Å²) in [6, 6.07) is 4.55. The van der Waals surface area contributed by atoms with Crippen LogP contribution in [0.2, 0.25) is 5.02 Å². The molecule has 14 amide bonds. The van der Waals surface area contributed by atoms with E-state index in [1.54, 1.807) is 86.9 Å². The van der Waals surface area contributed by atoms with Gasteiger partial charge in [0.05, 0.1) is 37.7 Å². The highest BCUT2D eigenvalue weighted by molar-refractivity contribution is 8.00. The van der Waals surface area contributed by atoms with E-state index >= 15 is 24.0 Å². The zero-order valence-electron chi connectivity index (χ0n) is 76.8. The molecule has 8 rings (SSSR count). The Kier molecular flexibility index (Phi) is 40.9. The number of thioether (sulfide) groups is 1. The van der Waals surface area contributed by atoms with Crippen LogP contribution in [0.5, 0.6) is 0 Å². The normalized spacial score (nSPS) is 23.6. The number of Topliss-reactive ketones (excluding diaryl/α,β-unsaturated/α-hetero) is 3. The summed E-state index contributed by atoms with van der Waals surface area (Å²) in [7, 11) is 5.37. The quantitative estimate of drug-likeness (QED) is 0.0199. The van der Waals surface area contributed by atoms with Crippen LogP contribution in [-0.2, 0) is 107 Å². The molecular formula is C92H128ClN21O18S. The number of imidazole rings is 1. The van der Waals surface area contributed by atoms with E-state index in [0.717, 1.165) is 26.5 Å². The SMILES string of the molecule is CCCC[C@H]1C(=O)N(C)[C@@H](CCCC)C(=O)N[C@@H](CCCNC(=N)N)C(=O)N[C@H](C(=O)CCC(N)=O)CSCC(=O)N[C@@H](Cc2ccccc2)C(=O)N(C)[C@@H](C)C(=O)N[C@@H](CC(N)=O)C(=O)N2CCC[C@H]2C(=O)N[C@@H](Cc2cnc[nH]2)C(=O)N[C@@H](CC(C)C)C(=O)N(C)CC(=O)C[C@@H](Cc2c[nH]c3ccc(Cl)cc23)C(=O)N[C@@H](CO)C(=O)C[C@@H](Cc2c[nH]c3ccccc23)C(=O)N1C. The van der Waals surface area contributed by atoms with Crippen LogP contribution >= 0.6 is 23.4 Å². The molecule has 2 fully saturated rings. The van der Waals surface area contributed by atoms with E-state index in [1.807, 2.05) is 26.0 Å². The summed E-state index contributed by atoms with van der Waals surface area (Å²) in [6.07, 6.45) is 4.33. The van der Waals surface area contributed by atoms with Crippen molar-refractivity contribution in [2.45, 2.75) is 229 Å². The Morgan fingerprint density at radius 3 is 1.87 bits per heavy atom. The zero-order valence-corrected chi connectivity index (χ0v) is 78.4. The number of primary amides is 2. The molecule has 2 aliphatic rings. The van der Waals surface area contributed by atoms with Crippen LogP contribution in [-0.4, -0.2) is 288 Å². The first-order chi connectivity index (χ1) is 63.3. The number of rotatable bonds is 27. The summed E-state index contributed by atoms with van der Waals surface area (Å²) in [6.45, 7) is 6.89. The number of aromatic amines is 3. The number of carbonyl (C=O) groups is 17. The predicted molar refractivity (Wildman–Crippen MR) is 498 cm³/mol. The van der Waals surface area contributed by atoms with Gasteiger partial charge in [-0.1, -0.05) is 114 Å². The minimum absolute atomic E-state index is 0.00854. The number of hydrogen-bond donors (Lipinski definition) is 16. The molecule has 3 aromatic heterocycles. The molecule has 0 spiro atoms. The lowest BCUT2D eigenvalue weighted by Gasteiger charge is -2.36. The lowest BCUT2D eigenvalue weighted by atomic mass is 9.89. The molecule has 5 heterocycles. The van der Waals surface area contributed by atoms with Gasteiger partial charge in [-0.05, 0) is 112 Å². The summed E-state index contributed by atoms with van der Waals surface area (Å²) in [5, 5.41) is 42.3. The van der Waals surface area contributed by atoms with Crippen LogP contribution in [0.15, 0.2) is 97.7 Å². The van der Waals surface area contributed by atoms with Gasteiger partial charge in [-0.3, -0.25) is 86.9 Å². The smallest absolute Gasteiger partial charge is 0.246 e. The first-order valence-electron chi connectivity index (χ1n) is 45.0. The van der Waals surface area contributed by atoms with Gasteiger partial charge in [-0.2, -0.15) is 0 Å². The molecule has 2 aliphatic heterocycles. The average molecular weight is 1880 g/mol. The van der Waals surface area contributed by atoms with Gasteiger partial charge in [-0.25, -0.2) is 4.98 Å². The molecule has 2 saturated heterocycles. The predicted octanol–water partition coefficient (Wildman–Crippen LogP) is 1.93. The topological polar surface area (TPSA) is 585 Å². The number of likely N-dealkylation sites (N-methyl/N-ethyl adjacent to an activating group) is 4. The van der Waals surface area contributed by atoms with Gasteiger partial charge < -0.3 is 104 Å². The van der Waals surface area contributed by atoms with Gasteiger partial charge in [-0.15, -0.1) is 11.8 Å². The molecule has 0 aliphatic carbocycles. The standard InChI is InChI=1S/C92H128ClN21O18S/c1-10-12-26-73-85(126)104-66(25-19-33-99-92(96)97)83(124)109-72(76(117)31-32-78(94)119)49-133-50-80(121)103-69(36-54-21-15-14-16-22-54)89(130)111(7)53(5)81(122)106-70(43-79(95)120)90(131)114-34-20-28-74(114)86(127)105-67(42-60-46-98-51-102-60)84(125)107-68(35-52(3)4)88(129)110(6)47-61(116)39-55(37-58-45-101-65-30-29-59(93)41-63(58)65)82(123)108-71(48-115)77(118)40-56(38-57-44-100-64-24-18-17-23-62(57)64)87(128)113(9)75(27-13-11-2)91(132)112(73)8/h14-18,21-24,29-30,41,44-46,51-53,55-56,66-75,100-101,115H,10-13,19-20,25-28,31-40,42-43,47-50H2,1-9H3,(H2,94,119)(H2,95,120)(H,98,102)(H,103,121)(H,104,126)(H,105,127)(H,106,122)(H,107,125)(H,108,123)(H,109,124)(H4,96,97,99)/t53-,55+,56+,66-,67-,68-,69-,70-,71-,72-,73-,74-,75-/m0/s1. The van der Waals surface area contributed by atoms with E-state index in [0.29, 0.717) is 74.9 Å². The van der Waals surface area contributed by atoms with Crippen molar-refractivity contribution in [3.05, 3.63) is 125 Å². The van der Waals surface area contributed by atoms with Crippen LogP contribution in [0.25, 0.3) is 21.8 Å². The van der Waals surface area contributed by atoms with Crippen LogP contribution in [0.4, 0.5) is 0 Å². The minimum atomic E-state index is -1.74. The number of unbranched alkanes of at least 4 members (excludes halogenated alkanes) is 2. The Balaban J connectivity index is 1.19. The second kappa shape index (κ2) is 51.4. The molecular weight excluding hydrogens is 1750 g/mol. The molecule has 133 heavy (non-hydrogen) atoms. The fraction of sp³-hybridized carbons (Fsp3) is 0.533. The third-order valence-corrected chi connectivity index (χ3v) is 25.3. The number of carbonyl (C=O) groups excluding carboxylic acids is 17. The fourth-order valence-corrected chi connectivity index (χ4v) is 17.6. The van der Waals surface area contributed by atoms with Crippen LogP contribution in [0.1, 0.15) is 160 Å². The summed E-state index contributed by atoms with van der Waals surface area (Å²) in [5.41, 5.74) is 20.2. The number of guanidine groups is 1. The summed E-state index contributed by atoms with van der Waals surface area (Å²) in [5.74, 6) is -18.3. The van der Waals surface area contributed by atoms with Crippen molar-refractivity contribution in [1.29, 1.82) is 5.41 Å². The number of para-hydroxylation sites is 1. The number of hydrogen-bond acceptors (Lipinski definition) is 21. The van der Waals surface area contributed by atoms with E-state index in [2.05, 4.69) is 62.5 Å². The van der Waals surface area contributed by atoms with Crippen molar-refractivity contribution >= 4 is 151 Å². The molecule has 0 unspecified atom stereocenters. The maximum Gasteiger partial charge on any atom is 0.246 e. The minimum Gasteiger partial charge on any atom is -0.394 e. The largest absolute Gasteiger partial charge is 0.394 e. The summed E-state index contributed by atoms with van der Waals surface area (Å²) in [4.78, 5) is 268. The second-order valence-electron chi connectivity index (χ2n) is 34.7. The Hall–Kier alpha value is -12.6. The number of benzene rings is 3. The van der Waals surface area contributed by atoms with E-state index < -0.39 is 235 Å². The fourth-order valence-electron chi connectivity index (χ4n) is 16.5. The number of aliphatic hydroxyl groups excluding tert-OH is 1. The first kappa shape index (κ1) is 106. The number of halogens is 1. The number of nitrogens with two attached hydrogens (primary N) is 3. The number of ketones is 3. The van der Waals surface area contributed by atoms with E-state index in [9.17, 15) is 62.6 Å². The molecule has 19 N–H and O–H groups in total. The van der Waals surface area contributed by atoms with Gasteiger partial charge in [0.15, 0.2) is 23.3 Å². The lowest BCUT2D eigenvalue weighted by molar-refractivity contribution is -0.150. The van der Waals surface area contributed by atoms with Gasteiger partial charge in [0, 0.05) is 149 Å². The number of nitrogens with zero attached hydrogens (tertiary/aromatic N) is 6. The number of amides is 14. The molecule has 6 aromatic rings. The van der Waals surface area contributed by atoms with Crippen LogP contribution < -0.4 is 59.7 Å². The van der Waals surface area contributed by atoms with Crippen molar-refractivity contribution in [2.75, 3.05) is 65.9 Å². The molecule has 3 aromatic carbocycles. The molecule has 0 bridgehead atoms.